The quantitative estimate of drug-likeness (QED) is 0.442. The van der Waals surface area contributed by atoms with Crippen molar-refractivity contribution < 1.29 is 4.92 Å². The molecule has 0 radical (unpaired) electrons. The Kier molecular flexibility index (Phi) is 2.19. The third kappa shape index (κ3) is 1.48. The molecule has 0 amide bonds. The summed E-state index contributed by atoms with van der Waals surface area (Å²) in [7, 11) is 0. The number of hydrogen-bond acceptors (Lipinski definition) is 3. The van der Waals surface area contributed by atoms with Gasteiger partial charge < -0.3 is 10.1 Å². The summed E-state index contributed by atoms with van der Waals surface area (Å²) < 4.78 is 1.65. The Balaban J connectivity index is 2.46. The second-order valence-electron chi connectivity index (χ2n) is 3.46. The molecule has 1 heterocycles. The first-order valence-electron chi connectivity index (χ1n) is 4.47. The number of imidazole rings is 1. The van der Waals surface area contributed by atoms with E-state index in [0.29, 0.717) is 0 Å². The fraction of sp³-hybridized carbons (Fsp3) is 0.625. The van der Waals surface area contributed by atoms with Crippen LogP contribution in [0.2, 0.25) is 0 Å². The second kappa shape index (κ2) is 3.24. The first kappa shape index (κ1) is 9.45. The van der Waals surface area contributed by atoms with E-state index in [4.69, 9.17) is 11.6 Å². The number of aromatic nitrogens is 2. The van der Waals surface area contributed by atoms with Crippen molar-refractivity contribution in [1.82, 2.24) is 9.55 Å². The number of alkyl halides is 1. The zero-order valence-electron chi connectivity index (χ0n) is 7.68. The van der Waals surface area contributed by atoms with Gasteiger partial charge in [0.05, 0.1) is 11.4 Å². The van der Waals surface area contributed by atoms with Crippen LogP contribution in [0, 0.1) is 10.1 Å². The van der Waals surface area contributed by atoms with Crippen LogP contribution >= 0.6 is 11.6 Å². The first-order chi connectivity index (χ1) is 6.61. The molecular weight excluding hydrogens is 206 g/mol. The van der Waals surface area contributed by atoms with Crippen LogP contribution in [0.3, 0.4) is 0 Å². The summed E-state index contributed by atoms with van der Waals surface area (Å²) in [4.78, 5) is 14.0. The molecule has 1 fully saturated rings. The summed E-state index contributed by atoms with van der Waals surface area (Å²) in [5, 5.41) is 10.4. The standard InChI is InChI=1S/C8H10ClN3O2/c1-5(9)7-4-10-8(12(13)14)11(7)6-2-3-6/h4-6H,2-3H2,1H3. The van der Waals surface area contributed by atoms with Crippen molar-refractivity contribution in [2.75, 3.05) is 0 Å². The fourth-order valence-corrected chi connectivity index (χ4v) is 1.66. The summed E-state index contributed by atoms with van der Waals surface area (Å²) in [5.41, 5.74) is 0.737. The van der Waals surface area contributed by atoms with Crippen molar-refractivity contribution in [2.24, 2.45) is 0 Å². The maximum Gasteiger partial charge on any atom is 0.435 e. The van der Waals surface area contributed by atoms with Gasteiger partial charge in [-0.3, -0.25) is 0 Å². The Bertz CT molecular complexity index is 371. The molecule has 1 aromatic heterocycles. The van der Waals surface area contributed by atoms with E-state index in [1.165, 1.54) is 6.20 Å². The van der Waals surface area contributed by atoms with Gasteiger partial charge in [-0.05, 0) is 24.7 Å². The van der Waals surface area contributed by atoms with E-state index in [-0.39, 0.29) is 17.4 Å². The molecule has 0 bridgehead atoms. The van der Waals surface area contributed by atoms with E-state index in [0.717, 1.165) is 18.5 Å². The highest BCUT2D eigenvalue weighted by atomic mass is 35.5. The molecule has 1 atom stereocenters. The summed E-state index contributed by atoms with van der Waals surface area (Å²) in [6.07, 6.45) is 3.45. The third-order valence-corrected chi connectivity index (χ3v) is 2.51. The van der Waals surface area contributed by atoms with Crippen LogP contribution in [0.25, 0.3) is 0 Å². The van der Waals surface area contributed by atoms with E-state index >= 15 is 0 Å². The monoisotopic (exact) mass is 215 g/mol. The van der Waals surface area contributed by atoms with Gasteiger partial charge in [-0.1, -0.05) is 4.98 Å². The first-order valence-corrected chi connectivity index (χ1v) is 4.90. The van der Waals surface area contributed by atoms with Gasteiger partial charge in [0.25, 0.3) is 0 Å². The lowest BCUT2D eigenvalue weighted by atomic mass is 10.3. The topological polar surface area (TPSA) is 61.0 Å². The van der Waals surface area contributed by atoms with Crippen molar-refractivity contribution >= 4 is 17.5 Å². The van der Waals surface area contributed by atoms with Gasteiger partial charge in [0, 0.05) is 0 Å². The molecule has 0 aromatic carbocycles. The second-order valence-corrected chi connectivity index (χ2v) is 4.11. The molecule has 1 aliphatic carbocycles. The van der Waals surface area contributed by atoms with Crippen LogP contribution in [-0.2, 0) is 0 Å². The maximum absolute atomic E-state index is 10.7. The molecule has 0 saturated heterocycles. The van der Waals surface area contributed by atoms with Crippen molar-refractivity contribution in [3.63, 3.8) is 0 Å². The maximum atomic E-state index is 10.7. The average molecular weight is 216 g/mol. The molecule has 6 heteroatoms. The minimum absolute atomic E-state index is 0.0880. The molecule has 76 valence electrons. The zero-order valence-corrected chi connectivity index (χ0v) is 8.44. The van der Waals surface area contributed by atoms with Crippen LogP contribution in [0.1, 0.15) is 36.9 Å². The third-order valence-electron chi connectivity index (χ3n) is 2.29. The van der Waals surface area contributed by atoms with Crippen molar-refractivity contribution in [2.45, 2.75) is 31.2 Å². The summed E-state index contributed by atoms with van der Waals surface area (Å²) in [6.45, 7) is 1.79. The highest BCUT2D eigenvalue weighted by Gasteiger charge is 2.36. The molecule has 0 aliphatic heterocycles. The van der Waals surface area contributed by atoms with Gasteiger partial charge >= 0.3 is 5.95 Å². The number of rotatable bonds is 3. The van der Waals surface area contributed by atoms with E-state index in [9.17, 15) is 10.1 Å². The van der Waals surface area contributed by atoms with Crippen molar-refractivity contribution in [1.29, 1.82) is 0 Å². The van der Waals surface area contributed by atoms with Gasteiger partial charge in [0.15, 0.2) is 0 Å². The van der Waals surface area contributed by atoms with Gasteiger partial charge in [0.1, 0.15) is 11.9 Å². The minimum atomic E-state index is -0.457. The molecule has 1 aromatic rings. The van der Waals surface area contributed by atoms with Crippen LogP contribution in [0.15, 0.2) is 6.20 Å². The number of hydrogen-bond donors (Lipinski definition) is 0. The molecule has 1 unspecified atom stereocenters. The van der Waals surface area contributed by atoms with E-state index in [2.05, 4.69) is 4.98 Å². The molecule has 5 nitrogen and oxygen atoms in total. The molecule has 1 aliphatic rings. The highest BCUT2D eigenvalue weighted by molar-refractivity contribution is 6.20. The number of nitrogens with zero attached hydrogens (tertiary/aromatic N) is 3. The molecular formula is C8H10ClN3O2. The van der Waals surface area contributed by atoms with Gasteiger partial charge in [-0.15, -0.1) is 11.6 Å². The average Bonchev–Trinajstić information content (AvgIpc) is 2.83. The lowest BCUT2D eigenvalue weighted by Gasteiger charge is -2.04. The van der Waals surface area contributed by atoms with Crippen LogP contribution in [-0.4, -0.2) is 14.5 Å². The molecule has 0 N–H and O–H groups in total. The minimum Gasteiger partial charge on any atom is -0.390 e. The normalized spacial score (nSPS) is 18.1. The van der Waals surface area contributed by atoms with Gasteiger partial charge in [-0.25, -0.2) is 4.57 Å². The van der Waals surface area contributed by atoms with E-state index < -0.39 is 4.92 Å². The lowest BCUT2D eigenvalue weighted by molar-refractivity contribution is -0.396. The Labute approximate surface area is 85.8 Å². The highest BCUT2D eigenvalue weighted by Crippen LogP contribution is 2.41. The summed E-state index contributed by atoms with van der Waals surface area (Å²) in [5.74, 6) is -0.0880. The Morgan fingerprint density at radius 3 is 2.86 bits per heavy atom. The zero-order chi connectivity index (χ0) is 10.3. The number of nitro groups is 1. The Hall–Kier alpha value is -1.10. The van der Waals surface area contributed by atoms with Crippen molar-refractivity contribution in [3.8, 4) is 0 Å². The predicted octanol–water partition coefficient (Wildman–Crippen LogP) is 2.43. The number of halogens is 1. The van der Waals surface area contributed by atoms with E-state index in [1.54, 1.807) is 11.5 Å². The van der Waals surface area contributed by atoms with Gasteiger partial charge in [0.2, 0.25) is 0 Å². The Morgan fingerprint density at radius 2 is 2.43 bits per heavy atom. The van der Waals surface area contributed by atoms with Crippen molar-refractivity contribution in [3.05, 3.63) is 22.0 Å². The van der Waals surface area contributed by atoms with Gasteiger partial charge in [-0.2, -0.15) is 0 Å². The SMILES string of the molecule is CC(Cl)c1cnc([N+](=O)[O-])n1C1CC1. The smallest absolute Gasteiger partial charge is 0.390 e. The lowest BCUT2D eigenvalue weighted by Crippen LogP contribution is -2.05. The molecule has 1 saturated carbocycles. The Morgan fingerprint density at radius 1 is 1.79 bits per heavy atom. The molecule has 2 rings (SSSR count). The van der Waals surface area contributed by atoms with Crippen LogP contribution < -0.4 is 0 Å². The summed E-state index contributed by atoms with van der Waals surface area (Å²) in [6, 6.07) is 0.231. The van der Waals surface area contributed by atoms with E-state index in [1.807, 2.05) is 0 Å². The summed E-state index contributed by atoms with van der Waals surface area (Å²) >= 11 is 5.91. The molecule has 14 heavy (non-hydrogen) atoms. The van der Waals surface area contributed by atoms with Crippen LogP contribution in [0.4, 0.5) is 5.95 Å². The predicted molar refractivity (Wildman–Crippen MR) is 51.4 cm³/mol. The molecule has 0 spiro atoms. The largest absolute Gasteiger partial charge is 0.435 e. The van der Waals surface area contributed by atoms with Crippen LogP contribution in [0.5, 0.6) is 0 Å². The fourth-order valence-electron chi connectivity index (χ4n) is 1.50.